The van der Waals surface area contributed by atoms with E-state index >= 15 is 0 Å². The number of nitrogens with zero attached hydrogens (tertiary/aromatic N) is 3. The average Bonchev–Trinajstić information content (AvgIpc) is 2.82. The van der Waals surface area contributed by atoms with Crippen molar-refractivity contribution in [2.45, 2.75) is 18.9 Å². The first kappa shape index (κ1) is 21.7. The third kappa shape index (κ3) is 5.39. The van der Waals surface area contributed by atoms with Gasteiger partial charge in [0, 0.05) is 37.6 Å². The van der Waals surface area contributed by atoms with Crippen LogP contribution < -0.4 is 25.0 Å². The van der Waals surface area contributed by atoms with Crippen LogP contribution in [0.3, 0.4) is 0 Å². The summed E-state index contributed by atoms with van der Waals surface area (Å²) >= 11 is 6.33. The normalized spacial score (nSPS) is 14.0. The highest BCUT2D eigenvalue weighted by molar-refractivity contribution is 6.32. The van der Waals surface area contributed by atoms with Gasteiger partial charge >= 0.3 is 6.03 Å². The van der Waals surface area contributed by atoms with Crippen molar-refractivity contribution in [3.05, 3.63) is 66.1 Å². The summed E-state index contributed by atoms with van der Waals surface area (Å²) in [7, 11) is 1.59. The van der Waals surface area contributed by atoms with Crippen LogP contribution in [-0.4, -0.2) is 42.2 Å². The van der Waals surface area contributed by atoms with Crippen LogP contribution in [0.5, 0.6) is 17.2 Å². The summed E-state index contributed by atoms with van der Waals surface area (Å²) in [6.45, 7) is 1.48. The lowest BCUT2D eigenvalue weighted by molar-refractivity contribution is 0.246. The number of carbonyl (C=O) groups is 1. The molecule has 0 atom stereocenters. The van der Waals surface area contributed by atoms with E-state index in [1.165, 1.54) is 0 Å². The van der Waals surface area contributed by atoms with E-state index in [4.69, 9.17) is 21.1 Å². The molecular formula is C23H24ClN5O3. The van der Waals surface area contributed by atoms with Crippen LogP contribution in [0.15, 0.2) is 61.1 Å². The van der Waals surface area contributed by atoms with Gasteiger partial charge in [-0.1, -0.05) is 11.6 Å². The van der Waals surface area contributed by atoms with Crippen LogP contribution in [-0.2, 0) is 0 Å². The highest BCUT2D eigenvalue weighted by atomic mass is 35.5. The van der Waals surface area contributed by atoms with Gasteiger partial charge in [-0.05, 0) is 49.2 Å². The average molecular weight is 454 g/mol. The Morgan fingerprint density at radius 3 is 2.66 bits per heavy atom. The number of pyridine rings is 2. The molecule has 0 saturated carbocycles. The summed E-state index contributed by atoms with van der Waals surface area (Å²) in [6, 6.07) is 12.4. The summed E-state index contributed by atoms with van der Waals surface area (Å²) in [4.78, 5) is 22.9. The maximum atomic E-state index is 12.2. The van der Waals surface area contributed by atoms with Crippen molar-refractivity contribution in [3.8, 4) is 17.2 Å². The fourth-order valence-electron chi connectivity index (χ4n) is 3.53. The maximum absolute atomic E-state index is 12.2. The van der Waals surface area contributed by atoms with Gasteiger partial charge in [0.05, 0.1) is 24.0 Å². The van der Waals surface area contributed by atoms with Crippen LogP contribution in [0, 0.1) is 0 Å². The van der Waals surface area contributed by atoms with Gasteiger partial charge in [0.1, 0.15) is 11.5 Å². The third-order valence-electron chi connectivity index (χ3n) is 5.16. The standard InChI is InChI=1S/C23H24ClN5O3/c1-31-18-6-7-20(19(24)14-18)32-21-5-3-11-26-22(21)29-12-8-16(9-13-29)27-23(30)28-17-4-2-10-25-15-17/h2-7,10-11,14-16H,8-9,12-13H2,1H3,(H2,27,28,30). The number of aromatic nitrogens is 2. The van der Waals surface area contributed by atoms with Crippen molar-refractivity contribution < 1.29 is 14.3 Å². The predicted molar refractivity (Wildman–Crippen MR) is 124 cm³/mol. The van der Waals surface area contributed by atoms with Crippen molar-refractivity contribution in [3.63, 3.8) is 0 Å². The Bertz CT molecular complexity index is 1060. The third-order valence-corrected chi connectivity index (χ3v) is 5.45. The Kier molecular flexibility index (Phi) is 6.91. The van der Waals surface area contributed by atoms with E-state index in [-0.39, 0.29) is 12.1 Å². The van der Waals surface area contributed by atoms with E-state index in [0.717, 1.165) is 31.7 Å². The number of anilines is 2. The summed E-state index contributed by atoms with van der Waals surface area (Å²) in [5.74, 6) is 2.57. The molecule has 8 nitrogen and oxygen atoms in total. The van der Waals surface area contributed by atoms with Crippen LogP contribution >= 0.6 is 11.6 Å². The van der Waals surface area contributed by atoms with Crippen molar-refractivity contribution in [1.82, 2.24) is 15.3 Å². The molecule has 1 fully saturated rings. The van der Waals surface area contributed by atoms with Gasteiger partial charge in [-0.15, -0.1) is 0 Å². The quantitative estimate of drug-likeness (QED) is 0.561. The molecule has 0 bridgehead atoms. The van der Waals surface area contributed by atoms with Crippen molar-refractivity contribution in [2.24, 2.45) is 0 Å². The topological polar surface area (TPSA) is 88.6 Å². The van der Waals surface area contributed by atoms with E-state index in [0.29, 0.717) is 28.0 Å². The first-order valence-corrected chi connectivity index (χ1v) is 10.7. The molecule has 9 heteroatoms. The zero-order valence-corrected chi connectivity index (χ0v) is 18.4. The maximum Gasteiger partial charge on any atom is 0.319 e. The van der Waals surface area contributed by atoms with E-state index in [2.05, 4.69) is 25.5 Å². The molecule has 1 aromatic carbocycles. The van der Waals surface area contributed by atoms with Crippen LogP contribution in [0.25, 0.3) is 0 Å². The number of carbonyl (C=O) groups excluding carboxylic acids is 1. The lowest BCUT2D eigenvalue weighted by Crippen LogP contribution is -2.46. The molecule has 2 amide bonds. The molecule has 32 heavy (non-hydrogen) atoms. The Labute approximate surface area is 191 Å². The van der Waals surface area contributed by atoms with Gasteiger partial charge in [-0.25, -0.2) is 9.78 Å². The molecule has 0 aliphatic carbocycles. The highest BCUT2D eigenvalue weighted by Crippen LogP contribution is 2.36. The van der Waals surface area contributed by atoms with Crippen LogP contribution in [0.4, 0.5) is 16.3 Å². The van der Waals surface area contributed by atoms with Gasteiger partial charge in [0.25, 0.3) is 0 Å². The van der Waals surface area contributed by atoms with Gasteiger partial charge in [0.2, 0.25) is 0 Å². The lowest BCUT2D eigenvalue weighted by Gasteiger charge is -2.33. The summed E-state index contributed by atoms with van der Waals surface area (Å²) in [5.41, 5.74) is 0.662. The number of benzene rings is 1. The molecule has 2 N–H and O–H groups in total. The van der Waals surface area contributed by atoms with Crippen LogP contribution in [0.1, 0.15) is 12.8 Å². The zero-order valence-electron chi connectivity index (χ0n) is 17.6. The number of rotatable bonds is 6. The minimum Gasteiger partial charge on any atom is -0.497 e. The molecule has 0 spiro atoms. The first-order valence-electron chi connectivity index (χ1n) is 10.3. The number of ether oxygens (including phenoxy) is 2. The molecule has 1 saturated heterocycles. The number of halogens is 1. The second-order valence-electron chi connectivity index (χ2n) is 7.33. The van der Waals surface area contributed by atoms with Gasteiger partial charge in [0.15, 0.2) is 11.6 Å². The van der Waals surface area contributed by atoms with Gasteiger partial charge in [-0.2, -0.15) is 0 Å². The zero-order chi connectivity index (χ0) is 22.3. The SMILES string of the molecule is COc1ccc(Oc2cccnc2N2CCC(NC(=O)Nc3cccnc3)CC2)c(Cl)c1. The predicted octanol–water partition coefficient (Wildman–Crippen LogP) is 4.72. The lowest BCUT2D eigenvalue weighted by atomic mass is 10.1. The molecule has 1 aliphatic heterocycles. The molecule has 0 unspecified atom stereocenters. The Morgan fingerprint density at radius 2 is 1.94 bits per heavy atom. The van der Waals surface area contributed by atoms with Gasteiger partial charge in [-0.3, -0.25) is 4.98 Å². The first-order chi connectivity index (χ1) is 15.6. The number of hydrogen-bond donors (Lipinski definition) is 2. The molecule has 166 valence electrons. The van der Waals surface area contributed by atoms with Crippen LogP contribution in [0.2, 0.25) is 5.02 Å². The number of hydrogen-bond acceptors (Lipinski definition) is 6. The second kappa shape index (κ2) is 10.2. The van der Waals surface area contributed by atoms with Crippen molar-refractivity contribution in [1.29, 1.82) is 0 Å². The number of amides is 2. The Balaban J connectivity index is 1.36. The van der Waals surface area contributed by atoms with E-state index in [1.54, 1.807) is 56.0 Å². The molecule has 4 rings (SSSR count). The van der Waals surface area contributed by atoms with E-state index in [9.17, 15) is 4.79 Å². The monoisotopic (exact) mass is 453 g/mol. The smallest absolute Gasteiger partial charge is 0.319 e. The fraction of sp³-hybridized carbons (Fsp3) is 0.261. The summed E-state index contributed by atoms with van der Waals surface area (Å²) in [6.07, 6.45) is 6.60. The van der Waals surface area contributed by atoms with E-state index < -0.39 is 0 Å². The molecule has 2 aromatic heterocycles. The Morgan fingerprint density at radius 1 is 1.12 bits per heavy atom. The number of piperidine rings is 1. The van der Waals surface area contributed by atoms with Crippen molar-refractivity contribution >= 4 is 29.1 Å². The molecular weight excluding hydrogens is 430 g/mol. The van der Waals surface area contributed by atoms with E-state index in [1.807, 2.05) is 12.1 Å². The minimum atomic E-state index is -0.229. The van der Waals surface area contributed by atoms with Crippen molar-refractivity contribution in [2.75, 3.05) is 30.4 Å². The molecule has 3 aromatic rings. The number of urea groups is 1. The largest absolute Gasteiger partial charge is 0.497 e. The molecule has 0 radical (unpaired) electrons. The molecule has 1 aliphatic rings. The summed E-state index contributed by atoms with van der Waals surface area (Å²) in [5, 5.41) is 6.29. The number of methoxy groups -OCH3 is 1. The highest BCUT2D eigenvalue weighted by Gasteiger charge is 2.24. The Hall–Kier alpha value is -3.52. The molecule has 3 heterocycles. The van der Waals surface area contributed by atoms with Gasteiger partial charge < -0.3 is 25.0 Å². The summed E-state index contributed by atoms with van der Waals surface area (Å²) < 4.78 is 11.3. The fourth-order valence-corrected chi connectivity index (χ4v) is 3.74. The number of nitrogens with one attached hydrogen (secondary N) is 2. The minimum absolute atomic E-state index is 0.0760. The second-order valence-corrected chi connectivity index (χ2v) is 7.73.